The van der Waals surface area contributed by atoms with Crippen LogP contribution in [0.25, 0.3) is 11.7 Å². The molecule has 0 aliphatic heterocycles. The standard InChI is InChI=1S/C14H11ClN2O4S2/c15-11-4-3-9(23-11)7-22-8-13(18)20-6-12-16-17-14(21-12)10-2-1-5-19-10/h1-5H,6-8H2. The molecule has 0 saturated heterocycles. The van der Waals surface area contributed by atoms with Crippen molar-refractivity contribution in [3.8, 4) is 11.7 Å². The number of thioether (sulfide) groups is 1. The summed E-state index contributed by atoms with van der Waals surface area (Å²) in [5.74, 6) is 1.57. The van der Waals surface area contributed by atoms with E-state index < -0.39 is 0 Å². The molecule has 0 atom stereocenters. The van der Waals surface area contributed by atoms with Crippen LogP contribution in [0.4, 0.5) is 0 Å². The van der Waals surface area contributed by atoms with Crippen molar-refractivity contribution >= 4 is 40.7 Å². The smallest absolute Gasteiger partial charge is 0.316 e. The Morgan fingerprint density at radius 3 is 3.00 bits per heavy atom. The maximum Gasteiger partial charge on any atom is 0.316 e. The number of furan rings is 1. The highest BCUT2D eigenvalue weighted by molar-refractivity contribution is 7.99. The van der Waals surface area contributed by atoms with E-state index in [9.17, 15) is 4.79 Å². The molecule has 0 saturated carbocycles. The number of carbonyl (C=O) groups is 1. The average Bonchev–Trinajstić information content (AvgIpc) is 3.26. The molecule has 9 heteroatoms. The number of halogens is 1. The van der Waals surface area contributed by atoms with Crippen LogP contribution in [-0.2, 0) is 21.9 Å². The first-order valence-electron chi connectivity index (χ1n) is 6.54. The van der Waals surface area contributed by atoms with Crippen molar-refractivity contribution in [1.29, 1.82) is 0 Å². The number of hydrogen-bond donors (Lipinski definition) is 0. The van der Waals surface area contributed by atoms with Crippen LogP contribution in [0, 0.1) is 0 Å². The van der Waals surface area contributed by atoms with Crippen molar-refractivity contribution in [1.82, 2.24) is 10.2 Å². The SMILES string of the molecule is O=C(CSCc1ccc(Cl)s1)OCc1nnc(-c2ccco2)o1. The molecule has 0 fully saturated rings. The second kappa shape index (κ2) is 7.67. The van der Waals surface area contributed by atoms with Gasteiger partial charge in [0.2, 0.25) is 0 Å². The fraction of sp³-hybridized carbons (Fsp3) is 0.214. The molecule has 0 N–H and O–H groups in total. The summed E-state index contributed by atoms with van der Waals surface area (Å²) in [6.07, 6.45) is 1.51. The molecular weight excluding hydrogens is 360 g/mol. The van der Waals surface area contributed by atoms with Crippen LogP contribution in [0.3, 0.4) is 0 Å². The highest BCUT2D eigenvalue weighted by Crippen LogP contribution is 2.25. The van der Waals surface area contributed by atoms with E-state index in [2.05, 4.69) is 10.2 Å². The maximum absolute atomic E-state index is 11.7. The predicted octanol–water partition coefficient (Wildman–Crippen LogP) is 4.02. The van der Waals surface area contributed by atoms with E-state index in [0.717, 1.165) is 15.0 Å². The maximum atomic E-state index is 11.7. The van der Waals surface area contributed by atoms with E-state index in [-0.39, 0.29) is 30.1 Å². The zero-order valence-corrected chi connectivity index (χ0v) is 14.1. The topological polar surface area (TPSA) is 78.4 Å². The van der Waals surface area contributed by atoms with Crippen molar-refractivity contribution in [2.75, 3.05) is 5.75 Å². The number of thiophene rings is 1. The zero-order chi connectivity index (χ0) is 16.1. The third kappa shape index (κ3) is 4.60. The lowest BCUT2D eigenvalue weighted by atomic mass is 10.5. The van der Waals surface area contributed by atoms with Gasteiger partial charge in [0.25, 0.3) is 11.8 Å². The number of esters is 1. The number of rotatable bonds is 7. The largest absolute Gasteiger partial charge is 0.459 e. The minimum absolute atomic E-state index is 0.0576. The van der Waals surface area contributed by atoms with Crippen LogP contribution in [0.1, 0.15) is 10.8 Å². The Kier molecular flexibility index (Phi) is 5.37. The van der Waals surface area contributed by atoms with Gasteiger partial charge >= 0.3 is 5.97 Å². The molecule has 0 spiro atoms. The van der Waals surface area contributed by atoms with Gasteiger partial charge in [-0.2, -0.15) is 0 Å². The van der Waals surface area contributed by atoms with Crippen LogP contribution >= 0.6 is 34.7 Å². The van der Waals surface area contributed by atoms with Crippen molar-refractivity contribution in [3.63, 3.8) is 0 Å². The number of nitrogens with zero attached hydrogens (tertiary/aromatic N) is 2. The molecular formula is C14H11ClN2O4S2. The Morgan fingerprint density at radius 2 is 2.26 bits per heavy atom. The Labute approximate surface area is 144 Å². The van der Waals surface area contributed by atoms with Crippen LogP contribution in [0.15, 0.2) is 39.4 Å². The summed E-state index contributed by atoms with van der Waals surface area (Å²) in [4.78, 5) is 12.8. The van der Waals surface area contributed by atoms with Gasteiger partial charge < -0.3 is 13.6 Å². The molecule has 0 unspecified atom stereocenters. The monoisotopic (exact) mass is 370 g/mol. The summed E-state index contributed by atoms with van der Waals surface area (Å²) in [6.45, 7) is -0.0576. The van der Waals surface area contributed by atoms with Gasteiger partial charge in [-0.1, -0.05) is 11.6 Å². The van der Waals surface area contributed by atoms with Gasteiger partial charge in [0.1, 0.15) is 0 Å². The second-order valence-corrected chi connectivity index (χ2v) is 7.12. The van der Waals surface area contributed by atoms with Crippen molar-refractivity contribution in [3.05, 3.63) is 45.6 Å². The van der Waals surface area contributed by atoms with Gasteiger partial charge in [0.05, 0.1) is 16.4 Å². The average molecular weight is 371 g/mol. The molecule has 6 nitrogen and oxygen atoms in total. The summed E-state index contributed by atoms with van der Waals surface area (Å²) < 4.78 is 16.3. The fourth-order valence-electron chi connectivity index (χ4n) is 1.66. The Bertz CT molecular complexity index is 769. The lowest BCUT2D eigenvalue weighted by Crippen LogP contribution is -2.07. The van der Waals surface area contributed by atoms with Crippen molar-refractivity contribution in [2.45, 2.75) is 12.4 Å². The summed E-state index contributed by atoms with van der Waals surface area (Å²) in [5.41, 5.74) is 0. The molecule has 0 bridgehead atoms. The van der Waals surface area contributed by atoms with E-state index in [1.165, 1.54) is 29.4 Å². The summed E-state index contributed by atoms with van der Waals surface area (Å²) in [7, 11) is 0. The van der Waals surface area contributed by atoms with Crippen molar-refractivity contribution < 1.29 is 18.4 Å². The quantitative estimate of drug-likeness (QED) is 0.581. The van der Waals surface area contributed by atoms with Crippen LogP contribution in [0.5, 0.6) is 0 Å². The third-order valence-electron chi connectivity index (χ3n) is 2.65. The van der Waals surface area contributed by atoms with Gasteiger partial charge in [-0.05, 0) is 24.3 Å². The highest BCUT2D eigenvalue weighted by Gasteiger charge is 2.12. The number of aromatic nitrogens is 2. The highest BCUT2D eigenvalue weighted by atomic mass is 35.5. The lowest BCUT2D eigenvalue weighted by Gasteiger charge is -2.01. The van der Waals surface area contributed by atoms with Gasteiger partial charge in [-0.3, -0.25) is 4.79 Å². The molecule has 3 aromatic rings. The molecule has 0 radical (unpaired) electrons. The molecule has 3 heterocycles. The van der Waals surface area contributed by atoms with E-state index in [1.807, 2.05) is 12.1 Å². The molecule has 120 valence electrons. The minimum Gasteiger partial charge on any atom is -0.459 e. The summed E-state index contributed by atoms with van der Waals surface area (Å²) >= 11 is 8.81. The van der Waals surface area contributed by atoms with Gasteiger partial charge in [-0.15, -0.1) is 33.3 Å². The lowest BCUT2D eigenvalue weighted by molar-refractivity contribution is -0.142. The molecule has 0 aliphatic rings. The molecule has 23 heavy (non-hydrogen) atoms. The first kappa shape index (κ1) is 16.1. The van der Waals surface area contributed by atoms with Crippen LogP contribution in [-0.4, -0.2) is 21.9 Å². The van der Waals surface area contributed by atoms with Gasteiger partial charge in [0.15, 0.2) is 12.4 Å². The van der Waals surface area contributed by atoms with Crippen LogP contribution < -0.4 is 0 Å². The first-order chi connectivity index (χ1) is 11.2. The molecule has 3 rings (SSSR count). The van der Waals surface area contributed by atoms with E-state index >= 15 is 0 Å². The van der Waals surface area contributed by atoms with E-state index in [0.29, 0.717) is 5.76 Å². The second-order valence-electron chi connectivity index (χ2n) is 4.34. The first-order valence-corrected chi connectivity index (χ1v) is 8.89. The van der Waals surface area contributed by atoms with Gasteiger partial charge in [0, 0.05) is 10.6 Å². The Balaban J connectivity index is 1.40. The van der Waals surface area contributed by atoms with E-state index in [1.54, 1.807) is 12.1 Å². The molecule has 0 amide bonds. The van der Waals surface area contributed by atoms with Crippen molar-refractivity contribution in [2.24, 2.45) is 0 Å². The summed E-state index contributed by atoms with van der Waals surface area (Å²) in [5, 5.41) is 7.62. The Hall–Kier alpha value is -1.77. The summed E-state index contributed by atoms with van der Waals surface area (Å²) in [6, 6.07) is 7.21. The molecule has 0 aliphatic carbocycles. The van der Waals surface area contributed by atoms with Crippen LogP contribution in [0.2, 0.25) is 4.34 Å². The number of hydrogen-bond acceptors (Lipinski definition) is 8. The molecule has 3 aromatic heterocycles. The number of ether oxygens (including phenoxy) is 1. The zero-order valence-electron chi connectivity index (χ0n) is 11.7. The predicted molar refractivity (Wildman–Crippen MR) is 87.3 cm³/mol. The fourth-order valence-corrected chi connectivity index (χ4v) is 3.68. The van der Waals surface area contributed by atoms with Gasteiger partial charge in [-0.25, -0.2) is 0 Å². The minimum atomic E-state index is -0.338. The Morgan fingerprint density at radius 1 is 1.35 bits per heavy atom. The molecule has 0 aromatic carbocycles. The number of carbonyl (C=O) groups excluding carboxylic acids is 1. The normalized spacial score (nSPS) is 10.8. The third-order valence-corrected chi connectivity index (χ3v) is 5.02. The van der Waals surface area contributed by atoms with E-state index in [4.69, 9.17) is 25.2 Å².